The van der Waals surface area contributed by atoms with Crippen molar-refractivity contribution in [2.45, 2.75) is 0 Å². The number of hydrogen-bond donors (Lipinski definition) is 1. The van der Waals surface area contributed by atoms with Crippen LogP contribution in [-0.4, -0.2) is 14.5 Å². The molecule has 0 saturated heterocycles. The molecule has 7 rings (SSSR count). The zero-order valence-corrected chi connectivity index (χ0v) is 19.9. The Hall–Kier alpha value is -4.61. The SMILES string of the molecule is Clc1ccnc(-n2c3ccccc3c3ccc(Oc4cccc(-[n+]5c[nH]c6ccccc65)c4)cc32)c1. The van der Waals surface area contributed by atoms with Gasteiger partial charge < -0.3 is 4.74 Å². The second kappa shape index (κ2) is 8.26. The van der Waals surface area contributed by atoms with Crippen LogP contribution in [-0.2, 0) is 0 Å². The third-order valence-electron chi connectivity index (χ3n) is 6.43. The molecule has 1 N–H and O–H groups in total. The van der Waals surface area contributed by atoms with Crippen LogP contribution in [0, 0.1) is 0 Å². The molecule has 0 aliphatic rings. The Kier molecular flexibility index (Phi) is 4.76. The number of pyridine rings is 1. The minimum absolute atomic E-state index is 0.643. The van der Waals surface area contributed by atoms with Crippen LogP contribution in [0.1, 0.15) is 0 Å². The van der Waals surface area contributed by atoms with Gasteiger partial charge in [-0.1, -0.05) is 48.0 Å². The molecule has 0 aliphatic carbocycles. The van der Waals surface area contributed by atoms with E-state index in [4.69, 9.17) is 16.3 Å². The van der Waals surface area contributed by atoms with E-state index in [0.717, 1.165) is 55.8 Å². The summed E-state index contributed by atoms with van der Waals surface area (Å²) in [4.78, 5) is 7.91. The number of nitrogens with one attached hydrogen (secondary N) is 1. The highest BCUT2D eigenvalue weighted by atomic mass is 35.5. The molecule has 4 aromatic carbocycles. The molecule has 0 aliphatic heterocycles. The summed E-state index contributed by atoms with van der Waals surface area (Å²) in [6, 6.07) is 34.4. The smallest absolute Gasteiger partial charge is 0.247 e. The maximum absolute atomic E-state index is 6.36. The zero-order valence-electron chi connectivity index (χ0n) is 19.1. The summed E-state index contributed by atoms with van der Waals surface area (Å²) in [5, 5.41) is 2.92. The Morgan fingerprint density at radius 3 is 2.53 bits per heavy atom. The third-order valence-corrected chi connectivity index (χ3v) is 6.66. The monoisotopic (exact) mass is 487 g/mol. The van der Waals surface area contributed by atoms with Crippen molar-refractivity contribution in [1.29, 1.82) is 0 Å². The molecule has 6 heteroatoms. The lowest BCUT2D eigenvalue weighted by Crippen LogP contribution is -2.28. The Balaban J connectivity index is 1.33. The number of hydrogen-bond acceptors (Lipinski definition) is 2. The Morgan fingerprint density at radius 2 is 1.58 bits per heavy atom. The summed E-state index contributed by atoms with van der Waals surface area (Å²) in [5.41, 5.74) is 5.28. The van der Waals surface area contributed by atoms with Crippen molar-refractivity contribution in [3.63, 3.8) is 0 Å². The van der Waals surface area contributed by atoms with Crippen molar-refractivity contribution < 1.29 is 9.30 Å². The van der Waals surface area contributed by atoms with Crippen LogP contribution in [0.25, 0.3) is 44.3 Å². The van der Waals surface area contributed by atoms with E-state index in [1.807, 2.05) is 54.9 Å². The van der Waals surface area contributed by atoms with Crippen molar-refractivity contribution in [3.8, 4) is 23.0 Å². The summed E-state index contributed by atoms with van der Waals surface area (Å²) in [7, 11) is 0. The summed E-state index contributed by atoms with van der Waals surface area (Å²) >= 11 is 6.31. The molecule has 7 aromatic rings. The standard InChI is InChI=1S/C30H19ClN4O/c31-20-14-15-32-30(16-20)35-27-10-3-1-8-24(27)25-13-12-23(18-29(25)35)36-22-7-5-6-21(17-22)34-19-33-26-9-2-4-11-28(26)34/h1-19H/p+1. The lowest BCUT2D eigenvalue weighted by atomic mass is 10.1. The van der Waals surface area contributed by atoms with Gasteiger partial charge in [-0.25, -0.2) is 9.97 Å². The van der Waals surface area contributed by atoms with Gasteiger partial charge in [0.15, 0.2) is 11.0 Å². The summed E-state index contributed by atoms with van der Waals surface area (Å²) in [5.74, 6) is 2.27. The molecule has 0 unspecified atom stereocenters. The van der Waals surface area contributed by atoms with E-state index in [2.05, 4.69) is 67.6 Å². The molecular formula is C30H20ClN4O+. The number of fused-ring (bicyclic) bond motifs is 4. The third kappa shape index (κ3) is 3.41. The fraction of sp³-hybridized carbons (Fsp3) is 0. The van der Waals surface area contributed by atoms with Crippen molar-refractivity contribution in [3.05, 3.63) is 121 Å². The largest absolute Gasteiger partial charge is 0.457 e. The fourth-order valence-electron chi connectivity index (χ4n) is 4.83. The number of aromatic nitrogens is 4. The van der Waals surface area contributed by atoms with E-state index in [0.29, 0.717) is 5.02 Å². The van der Waals surface area contributed by atoms with E-state index < -0.39 is 0 Å². The molecule has 0 spiro atoms. The second-order valence-electron chi connectivity index (χ2n) is 8.62. The van der Waals surface area contributed by atoms with Gasteiger partial charge in [0.05, 0.1) is 11.0 Å². The van der Waals surface area contributed by atoms with Gasteiger partial charge in [-0.05, 0) is 48.5 Å². The van der Waals surface area contributed by atoms with Gasteiger partial charge in [-0.15, -0.1) is 0 Å². The number of rotatable bonds is 4. The summed E-state index contributed by atoms with van der Waals surface area (Å²) in [6.45, 7) is 0. The number of imidazole rings is 1. The molecule has 0 saturated carbocycles. The zero-order chi connectivity index (χ0) is 24.1. The number of nitrogens with zero attached hydrogens (tertiary/aromatic N) is 3. The van der Waals surface area contributed by atoms with Crippen LogP contribution in [0.15, 0.2) is 116 Å². The number of halogens is 1. The number of ether oxygens (including phenoxy) is 1. The molecule has 0 amide bonds. The molecule has 5 nitrogen and oxygen atoms in total. The predicted molar refractivity (Wildman–Crippen MR) is 143 cm³/mol. The van der Waals surface area contributed by atoms with E-state index in [1.54, 1.807) is 12.3 Å². The number of para-hydroxylation sites is 3. The van der Waals surface area contributed by atoms with Crippen LogP contribution in [0.4, 0.5) is 0 Å². The van der Waals surface area contributed by atoms with E-state index >= 15 is 0 Å². The van der Waals surface area contributed by atoms with Gasteiger partial charge in [0.2, 0.25) is 6.33 Å². The molecule has 172 valence electrons. The molecule has 3 aromatic heterocycles. The van der Waals surface area contributed by atoms with Gasteiger partial charge >= 0.3 is 0 Å². The van der Waals surface area contributed by atoms with Crippen molar-refractivity contribution in [2.75, 3.05) is 0 Å². The lowest BCUT2D eigenvalue weighted by Gasteiger charge is -2.09. The van der Waals surface area contributed by atoms with E-state index in [9.17, 15) is 0 Å². The molecule has 36 heavy (non-hydrogen) atoms. The van der Waals surface area contributed by atoms with Crippen molar-refractivity contribution in [2.24, 2.45) is 0 Å². The first-order chi connectivity index (χ1) is 17.7. The predicted octanol–water partition coefficient (Wildman–Crippen LogP) is 7.38. The Bertz CT molecular complexity index is 1900. The van der Waals surface area contributed by atoms with Gasteiger partial charge in [0.25, 0.3) is 0 Å². The number of H-pyrrole nitrogens is 1. The second-order valence-corrected chi connectivity index (χ2v) is 9.06. The number of aromatic amines is 1. The molecule has 0 bridgehead atoms. The minimum atomic E-state index is 0.643. The van der Waals surface area contributed by atoms with Gasteiger partial charge in [-0.2, -0.15) is 4.57 Å². The van der Waals surface area contributed by atoms with Crippen LogP contribution < -0.4 is 9.30 Å². The molecular weight excluding hydrogens is 468 g/mol. The van der Waals surface area contributed by atoms with Gasteiger partial charge in [-0.3, -0.25) is 4.57 Å². The Morgan fingerprint density at radius 1 is 0.750 bits per heavy atom. The number of benzene rings is 4. The van der Waals surface area contributed by atoms with Crippen LogP contribution in [0.5, 0.6) is 11.5 Å². The van der Waals surface area contributed by atoms with Crippen LogP contribution in [0.2, 0.25) is 5.02 Å². The lowest BCUT2D eigenvalue weighted by molar-refractivity contribution is -0.567. The summed E-state index contributed by atoms with van der Waals surface area (Å²) in [6.07, 6.45) is 3.69. The fourth-order valence-corrected chi connectivity index (χ4v) is 4.99. The average Bonchev–Trinajstić information content (AvgIpc) is 3.48. The first-order valence-corrected chi connectivity index (χ1v) is 12.0. The summed E-state index contributed by atoms with van der Waals surface area (Å²) < 4.78 is 10.6. The quantitative estimate of drug-likeness (QED) is 0.263. The van der Waals surface area contributed by atoms with Crippen LogP contribution >= 0.6 is 11.6 Å². The molecule has 0 atom stereocenters. The average molecular weight is 488 g/mol. The molecule has 0 radical (unpaired) electrons. The highest BCUT2D eigenvalue weighted by Crippen LogP contribution is 2.35. The van der Waals surface area contributed by atoms with E-state index in [-0.39, 0.29) is 0 Å². The highest BCUT2D eigenvalue weighted by molar-refractivity contribution is 6.30. The van der Waals surface area contributed by atoms with E-state index in [1.165, 1.54) is 0 Å². The minimum Gasteiger partial charge on any atom is -0.457 e. The maximum atomic E-state index is 6.36. The van der Waals surface area contributed by atoms with Crippen molar-refractivity contribution in [1.82, 2.24) is 14.5 Å². The van der Waals surface area contributed by atoms with Crippen LogP contribution in [0.3, 0.4) is 0 Å². The highest BCUT2D eigenvalue weighted by Gasteiger charge is 2.15. The molecule has 0 fully saturated rings. The normalized spacial score (nSPS) is 11.5. The molecule has 3 heterocycles. The van der Waals surface area contributed by atoms with Gasteiger partial charge in [0, 0.05) is 40.2 Å². The first kappa shape index (κ1) is 20.7. The maximum Gasteiger partial charge on any atom is 0.247 e. The van der Waals surface area contributed by atoms with Gasteiger partial charge in [0.1, 0.15) is 23.0 Å². The first-order valence-electron chi connectivity index (χ1n) is 11.7. The van der Waals surface area contributed by atoms with Crippen molar-refractivity contribution >= 4 is 44.4 Å². The Labute approximate surface area is 211 Å². The topological polar surface area (TPSA) is 46.7 Å².